The molecule has 4 rings (SSSR count). The van der Waals surface area contributed by atoms with E-state index in [4.69, 9.17) is 0 Å². The van der Waals surface area contributed by atoms with E-state index in [2.05, 4.69) is 60.2 Å². The Kier molecular flexibility index (Phi) is 5.36. The van der Waals surface area contributed by atoms with E-state index >= 15 is 0 Å². The number of rotatable bonds is 6. The summed E-state index contributed by atoms with van der Waals surface area (Å²) in [6.45, 7) is 8.25. The molecule has 0 bridgehead atoms. The van der Waals surface area contributed by atoms with E-state index in [1.54, 1.807) is 0 Å². The molecule has 2 heterocycles. The van der Waals surface area contributed by atoms with Gasteiger partial charge in [0.05, 0.1) is 5.69 Å². The molecule has 0 unspecified atom stereocenters. The van der Waals surface area contributed by atoms with Gasteiger partial charge in [0.15, 0.2) is 4.96 Å². The Morgan fingerprint density at radius 1 is 1.07 bits per heavy atom. The van der Waals surface area contributed by atoms with Crippen LogP contribution >= 0.6 is 11.3 Å². The van der Waals surface area contributed by atoms with Crippen molar-refractivity contribution in [1.82, 2.24) is 9.38 Å². The summed E-state index contributed by atoms with van der Waals surface area (Å²) >= 11 is 1.47. The lowest BCUT2D eigenvalue weighted by molar-refractivity contribution is 0.102. The van der Waals surface area contributed by atoms with Gasteiger partial charge in [0.2, 0.25) is 0 Å². The molecule has 0 saturated carbocycles. The SMILES string of the molecule is CCN(CC)c1ccc(NC(=O)c2csc3nc(-c4ccc(C)cc4)cn23)cc1. The summed E-state index contributed by atoms with van der Waals surface area (Å²) in [6.07, 6.45) is 1.93. The molecule has 29 heavy (non-hydrogen) atoms. The quantitative estimate of drug-likeness (QED) is 0.464. The zero-order valence-electron chi connectivity index (χ0n) is 16.8. The van der Waals surface area contributed by atoms with E-state index in [9.17, 15) is 4.79 Å². The number of imidazole rings is 1. The highest BCUT2D eigenvalue weighted by atomic mass is 32.1. The molecule has 0 aliphatic carbocycles. The predicted molar refractivity (Wildman–Crippen MR) is 121 cm³/mol. The van der Waals surface area contributed by atoms with Crippen molar-refractivity contribution in [2.24, 2.45) is 0 Å². The molecule has 0 spiro atoms. The number of aromatic nitrogens is 2. The second-order valence-electron chi connectivity index (χ2n) is 6.94. The molecule has 0 radical (unpaired) electrons. The van der Waals surface area contributed by atoms with Crippen molar-refractivity contribution in [3.8, 4) is 11.3 Å². The number of amides is 1. The number of thiazole rings is 1. The van der Waals surface area contributed by atoms with Crippen LogP contribution in [0.4, 0.5) is 11.4 Å². The van der Waals surface area contributed by atoms with Gasteiger partial charge in [-0.3, -0.25) is 9.20 Å². The Bertz CT molecular complexity index is 1120. The number of carbonyl (C=O) groups excluding carboxylic acids is 1. The fourth-order valence-corrected chi connectivity index (χ4v) is 4.20. The van der Waals surface area contributed by atoms with Gasteiger partial charge in [-0.25, -0.2) is 4.98 Å². The minimum Gasteiger partial charge on any atom is -0.372 e. The smallest absolute Gasteiger partial charge is 0.273 e. The number of hydrogen-bond donors (Lipinski definition) is 1. The number of hydrogen-bond acceptors (Lipinski definition) is 4. The fourth-order valence-electron chi connectivity index (χ4n) is 3.35. The molecular weight excluding hydrogens is 380 g/mol. The number of benzene rings is 2. The lowest BCUT2D eigenvalue weighted by Gasteiger charge is -2.21. The van der Waals surface area contributed by atoms with Crippen LogP contribution in [0.3, 0.4) is 0 Å². The molecule has 0 atom stereocenters. The number of aryl methyl sites for hydroxylation is 1. The molecule has 0 aliphatic heterocycles. The highest BCUT2D eigenvalue weighted by Gasteiger charge is 2.15. The van der Waals surface area contributed by atoms with Crippen molar-refractivity contribution in [2.45, 2.75) is 20.8 Å². The third-order valence-electron chi connectivity index (χ3n) is 5.04. The van der Waals surface area contributed by atoms with Gasteiger partial charge in [-0.2, -0.15) is 0 Å². The van der Waals surface area contributed by atoms with Crippen LogP contribution in [0.5, 0.6) is 0 Å². The van der Waals surface area contributed by atoms with Crippen LogP contribution in [0.15, 0.2) is 60.1 Å². The first-order chi connectivity index (χ1) is 14.1. The number of anilines is 2. The van der Waals surface area contributed by atoms with E-state index in [1.165, 1.54) is 16.9 Å². The van der Waals surface area contributed by atoms with Gasteiger partial charge in [-0.1, -0.05) is 29.8 Å². The Hall–Kier alpha value is -3.12. The zero-order chi connectivity index (χ0) is 20.4. The number of carbonyl (C=O) groups is 1. The van der Waals surface area contributed by atoms with Crippen molar-refractivity contribution < 1.29 is 4.79 Å². The second kappa shape index (κ2) is 8.09. The molecule has 5 nitrogen and oxygen atoms in total. The van der Waals surface area contributed by atoms with Crippen LogP contribution in [0.1, 0.15) is 29.9 Å². The molecule has 2 aromatic carbocycles. The minimum absolute atomic E-state index is 0.139. The van der Waals surface area contributed by atoms with Gasteiger partial charge in [0.1, 0.15) is 5.69 Å². The third kappa shape index (κ3) is 3.89. The highest BCUT2D eigenvalue weighted by molar-refractivity contribution is 7.15. The Balaban J connectivity index is 1.55. The molecule has 1 amide bonds. The summed E-state index contributed by atoms with van der Waals surface area (Å²) in [5.74, 6) is -0.139. The average molecular weight is 405 g/mol. The summed E-state index contributed by atoms with van der Waals surface area (Å²) in [5, 5.41) is 4.84. The molecule has 2 aromatic heterocycles. The van der Waals surface area contributed by atoms with Crippen LogP contribution in [-0.4, -0.2) is 28.4 Å². The van der Waals surface area contributed by atoms with E-state index in [0.717, 1.165) is 40.7 Å². The Labute approximate surface area is 174 Å². The third-order valence-corrected chi connectivity index (χ3v) is 5.88. The molecular formula is C23H24N4OS. The average Bonchev–Trinajstić information content (AvgIpc) is 3.31. The predicted octanol–water partition coefficient (Wildman–Crippen LogP) is 5.47. The van der Waals surface area contributed by atoms with E-state index in [0.29, 0.717) is 5.69 Å². The molecule has 0 fully saturated rings. The van der Waals surface area contributed by atoms with Crippen molar-refractivity contribution >= 4 is 33.6 Å². The number of nitrogens with zero attached hydrogens (tertiary/aromatic N) is 3. The Morgan fingerprint density at radius 3 is 2.41 bits per heavy atom. The van der Waals surface area contributed by atoms with Crippen LogP contribution in [0.2, 0.25) is 0 Å². The van der Waals surface area contributed by atoms with Crippen LogP contribution < -0.4 is 10.2 Å². The van der Waals surface area contributed by atoms with E-state index in [-0.39, 0.29) is 5.91 Å². The monoisotopic (exact) mass is 404 g/mol. The maximum absolute atomic E-state index is 12.8. The Morgan fingerprint density at radius 2 is 1.76 bits per heavy atom. The minimum atomic E-state index is -0.139. The van der Waals surface area contributed by atoms with Crippen molar-refractivity contribution in [1.29, 1.82) is 0 Å². The standard InChI is InChI=1S/C23H24N4OS/c1-4-26(5-2)19-12-10-18(11-13-19)24-22(28)21-15-29-23-25-20(14-27(21)23)17-8-6-16(3)7-9-17/h6-15H,4-5H2,1-3H3,(H,24,28). The maximum atomic E-state index is 12.8. The van der Waals surface area contributed by atoms with Gasteiger partial charge in [-0.05, 0) is 45.0 Å². The fraction of sp³-hybridized carbons (Fsp3) is 0.217. The largest absolute Gasteiger partial charge is 0.372 e. The molecule has 0 aliphatic rings. The van der Waals surface area contributed by atoms with Crippen LogP contribution in [0, 0.1) is 6.92 Å². The lowest BCUT2D eigenvalue weighted by atomic mass is 10.1. The molecule has 148 valence electrons. The van der Waals surface area contributed by atoms with Crippen molar-refractivity contribution in [3.05, 3.63) is 71.4 Å². The maximum Gasteiger partial charge on any atom is 0.273 e. The van der Waals surface area contributed by atoms with Gasteiger partial charge in [0, 0.05) is 41.6 Å². The summed E-state index contributed by atoms with van der Waals surface area (Å²) in [4.78, 5) is 20.6. The molecule has 6 heteroatoms. The van der Waals surface area contributed by atoms with Crippen molar-refractivity contribution in [3.63, 3.8) is 0 Å². The normalized spacial score (nSPS) is 11.0. The number of nitrogens with one attached hydrogen (secondary N) is 1. The van der Waals surface area contributed by atoms with Gasteiger partial charge < -0.3 is 10.2 Å². The summed E-state index contributed by atoms with van der Waals surface area (Å²) in [5.41, 5.74) is 5.65. The zero-order valence-corrected chi connectivity index (χ0v) is 17.7. The first kappa shape index (κ1) is 19.2. The molecule has 1 N–H and O–H groups in total. The molecule has 4 aromatic rings. The van der Waals surface area contributed by atoms with Gasteiger partial charge in [-0.15, -0.1) is 11.3 Å². The summed E-state index contributed by atoms with van der Waals surface area (Å²) in [7, 11) is 0. The van der Waals surface area contributed by atoms with Crippen LogP contribution in [0.25, 0.3) is 16.2 Å². The molecule has 0 saturated heterocycles. The second-order valence-corrected chi connectivity index (χ2v) is 7.78. The van der Waals surface area contributed by atoms with Gasteiger partial charge >= 0.3 is 0 Å². The lowest BCUT2D eigenvalue weighted by Crippen LogP contribution is -2.21. The first-order valence-electron chi connectivity index (χ1n) is 9.79. The van der Waals surface area contributed by atoms with Gasteiger partial charge in [0.25, 0.3) is 5.91 Å². The number of fused-ring (bicyclic) bond motifs is 1. The highest BCUT2D eigenvalue weighted by Crippen LogP contribution is 2.25. The summed E-state index contributed by atoms with van der Waals surface area (Å²) < 4.78 is 1.86. The topological polar surface area (TPSA) is 49.6 Å². The van der Waals surface area contributed by atoms with Crippen molar-refractivity contribution in [2.75, 3.05) is 23.3 Å². The first-order valence-corrected chi connectivity index (χ1v) is 10.7. The van der Waals surface area contributed by atoms with E-state index < -0.39 is 0 Å². The van der Waals surface area contributed by atoms with Crippen LogP contribution in [-0.2, 0) is 0 Å². The summed E-state index contributed by atoms with van der Waals surface area (Å²) in [6, 6.07) is 16.2. The van der Waals surface area contributed by atoms with E-state index in [1.807, 2.05) is 40.2 Å².